The molecule has 1 amide bonds. The third-order valence-electron chi connectivity index (χ3n) is 4.49. The summed E-state index contributed by atoms with van der Waals surface area (Å²) in [4.78, 5) is 13.9. The largest absolute Gasteiger partial charge is 0.323 e. The standard InChI is InChI=1S/C17H23N3O3S/c1-2-17(21)18-15-5-7-16(8-6-15)24(22,23)20-11-9-19(10-12-20)13-14-3-4-14/h2,5-8,14H,1,3-4,9-13H2,(H,18,21). The summed E-state index contributed by atoms with van der Waals surface area (Å²) in [6.07, 6.45) is 3.80. The summed E-state index contributed by atoms with van der Waals surface area (Å²) in [7, 11) is -3.48. The van der Waals surface area contributed by atoms with Crippen LogP contribution in [0.3, 0.4) is 0 Å². The smallest absolute Gasteiger partial charge is 0.247 e. The van der Waals surface area contributed by atoms with Crippen molar-refractivity contribution < 1.29 is 13.2 Å². The minimum absolute atomic E-state index is 0.259. The number of benzene rings is 1. The summed E-state index contributed by atoms with van der Waals surface area (Å²) >= 11 is 0. The van der Waals surface area contributed by atoms with Crippen molar-refractivity contribution in [2.45, 2.75) is 17.7 Å². The van der Waals surface area contributed by atoms with Gasteiger partial charge in [-0.1, -0.05) is 6.58 Å². The van der Waals surface area contributed by atoms with Crippen LogP contribution in [0.5, 0.6) is 0 Å². The van der Waals surface area contributed by atoms with Gasteiger partial charge < -0.3 is 10.2 Å². The Morgan fingerprint density at radius 1 is 1.17 bits per heavy atom. The SMILES string of the molecule is C=CC(=O)Nc1ccc(S(=O)(=O)N2CCN(CC3CC3)CC2)cc1. The zero-order chi connectivity index (χ0) is 17.2. The van der Waals surface area contributed by atoms with E-state index in [1.165, 1.54) is 31.1 Å². The van der Waals surface area contributed by atoms with Crippen LogP contribution in [-0.2, 0) is 14.8 Å². The van der Waals surface area contributed by atoms with Crippen LogP contribution in [0.4, 0.5) is 5.69 Å². The Labute approximate surface area is 143 Å². The van der Waals surface area contributed by atoms with E-state index in [4.69, 9.17) is 0 Å². The van der Waals surface area contributed by atoms with Crippen molar-refractivity contribution in [2.24, 2.45) is 5.92 Å². The molecule has 0 unspecified atom stereocenters. The fraction of sp³-hybridized carbons (Fsp3) is 0.471. The van der Waals surface area contributed by atoms with Crippen molar-refractivity contribution >= 4 is 21.6 Å². The van der Waals surface area contributed by atoms with E-state index in [9.17, 15) is 13.2 Å². The topological polar surface area (TPSA) is 69.7 Å². The molecule has 0 bridgehead atoms. The van der Waals surface area contributed by atoms with Crippen LogP contribution in [0.25, 0.3) is 0 Å². The number of amides is 1. The van der Waals surface area contributed by atoms with Crippen LogP contribution in [0, 0.1) is 5.92 Å². The number of hydrogen-bond acceptors (Lipinski definition) is 4. The lowest BCUT2D eigenvalue weighted by Crippen LogP contribution is -2.49. The second-order valence-electron chi connectivity index (χ2n) is 6.37. The molecular weight excluding hydrogens is 326 g/mol. The lowest BCUT2D eigenvalue weighted by atomic mass is 10.3. The van der Waals surface area contributed by atoms with Crippen LogP contribution in [0.1, 0.15) is 12.8 Å². The molecule has 1 aliphatic carbocycles. The number of rotatable bonds is 6. The molecule has 130 valence electrons. The van der Waals surface area contributed by atoms with Crippen molar-refractivity contribution in [3.63, 3.8) is 0 Å². The minimum Gasteiger partial charge on any atom is -0.323 e. The van der Waals surface area contributed by atoms with Crippen molar-refractivity contribution in [1.29, 1.82) is 0 Å². The zero-order valence-corrected chi connectivity index (χ0v) is 14.5. The molecule has 1 heterocycles. The van der Waals surface area contributed by atoms with E-state index in [0.717, 1.165) is 25.6 Å². The Kier molecular flexibility index (Phi) is 5.03. The van der Waals surface area contributed by atoms with E-state index in [0.29, 0.717) is 18.8 Å². The number of carbonyl (C=O) groups is 1. The Morgan fingerprint density at radius 3 is 2.33 bits per heavy atom. The number of anilines is 1. The average molecular weight is 349 g/mol. The maximum Gasteiger partial charge on any atom is 0.247 e. The van der Waals surface area contributed by atoms with Crippen LogP contribution < -0.4 is 5.32 Å². The van der Waals surface area contributed by atoms with E-state index in [1.54, 1.807) is 16.4 Å². The second kappa shape index (κ2) is 7.04. The minimum atomic E-state index is -3.48. The summed E-state index contributed by atoms with van der Waals surface area (Å²) in [5.74, 6) is 0.504. The molecule has 0 spiro atoms. The molecule has 0 atom stereocenters. The molecule has 0 aromatic heterocycles. The Balaban J connectivity index is 1.62. The number of nitrogens with one attached hydrogen (secondary N) is 1. The average Bonchev–Trinajstić information content (AvgIpc) is 3.40. The quantitative estimate of drug-likeness (QED) is 0.791. The highest BCUT2D eigenvalue weighted by molar-refractivity contribution is 7.89. The van der Waals surface area contributed by atoms with Crippen LogP contribution in [-0.4, -0.2) is 56.3 Å². The number of hydrogen-bond donors (Lipinski definition) is 1. The molecule has 1 aromatic rings. The molecule has 1 saturated carbocycles. The highest BCUT2D eigenvalue weighted by atomic mass is 32.2. The van der Waals surface area contributed by atoms with Crippen LogP contribution in [0.2, 0.25) is 0 Å². The van der Waals surface area contributed by atoms with E-state index in [-0.39, 0.29) is 10.8 Å². The maximum absolute atomic E-state index is 12.7. The van der Waals surface area contributed by atoms with E-state index < -0.39 is 10.0 Å². The summed E-state index contributed by atoms with van der Waals surface area (Å²) in [6, 6.07) is 6.25. The predicted molar refractivity (Wildman–Crippen MR) is 93.2 cm³/mol. The fourth-order valence-electron chi connectivity index (χ4n) is 2.87. The highest BCUT2D eigenvalue weighted by Crippen LogP contribution is 2.30. The monoisotopic (exact) mass is 349 g/mol. The first-order valence-electron chi connectivity index (χ1n) is 8.25. The van der Waals surface area contributed by atoms with Crippen molar-refractivity contribution in [3.05, 3.63) is 36.9 Å². The van der Waals surface area contributed by atoms with Gasteiger partial charge in [-0.05, 0) is 49.1 Å². The molecule has 3 rings (SSSR count). The molecule has 0 radical (unpaired) electrons. The number of sulfonamides is 1. The van der Waals surface area contributed by atoms with Gasteiger partial charge >= 0.3 is 0 Å². The molecular formula is C17H23N3O3S. The Bertz CT molecular complexity index is 703. The molecule has 2 aliphatic rings. The third kappa shape index (κ3) is 4.03. The maximum atomic E-state index is 12.7. The van der Waals surface area contributed by atoms with Gasteiger partial charge in [-0.3, -0.25) is 4.79 Å². The summed E-state index contributed by atoms with van der Waals surface area (Å²) in [5, 5.41) is 2.61. The van der Waals surface area contributed by atoms with Gasteiger partial charge in [0, 0.05) is 38.4 Å². The number of carbonyl (C=O) groups excluding carboxylic acids is 1. The van der Waals surface area contributed by atoms with Crippen molar-refractivity contribution in [1.82, 2.24) is 9.21 Å². The summed E-state index contributed by atoms with van der Waals surface area (Å²) in [6.45, 7) is 7.14. The second-order valence-corrected chi connectivity index (χ2v) is 8.30. The Morgan fingerprint density at radius 2 is 1.79 bits per heavy atom. The van der Waals surface area contributed by atoms with Gasteiger partial charge in [0.05, 0.1) is 4.90 Å². The van der Waals surface area contributed by atoms with Gasteiger partial charge in [-0.25, -0.2) is 8.42 Å². The molecule has 7 heteroatoms. The first kappa shape index (κ1) is 17.1. The van der Waals surface area contributed by atoms with Gasteiger partial charge in [0.25, 0.3) is 0 Å². The van der Waals surface area contributed by atoms with Crippen LogP contribution in [0.15, 0.2) is 41.8 Å². The Hall–Kier alpha value is -1.70. The summed E-state index contributed by atoms with van der Waals surface area (Å²) in [5.41, 5.74) is 0.549. The molecule has 24 heavy (non-hydrogen) atoms. The van der Waals surface area contributed by atoms with Crippen LogP contribution >= 0.6 is 0 Å². The molecule has 6 nitrogen and oxygen atoms in total. The van der Waals surface area contributed by atoms with Crippen molar-refractivity contribution in [3.8, 4) is 0 Å². The van der Waals surface area contributed by atoms with Crippen molar-refractivity contribution in [2.75, 3.05) is 38.0 Å². The van der Waals surface area contributed by atoms with Gasteiger partial charge in [0.15, 0.2) is 0 Å². The molecule has 2 fully saturated rings. The zero-order valence-electron chi connectivity index (χ0n) is 13.6. The predicted octanol–water partition coefficient (Wildman–Crippen LogP) is 1.53. The third-order valence-corrected chi connectivity index (χ3v) is 6.40. The highest BCUT2D eigenvalue weighted by Gasteiger charge is 2.31. The van der Waals surface area contributed by atoms with Gasteiger partial charge in [-0.2, -0.15) is 4.31 Å². The molecule has 1 saturated heterocycles. The summed E-state index contributed by atoms with van der Waals surface area (Å²) < 4.78 is 27.0. The van der Waals surface area contributed by atoms with E-state index in [1.807, 2.05) is 0 Å². The first-order chi connectivity index (χ1) is 11.5. The van der Waals surface area contributed by atoms with E-state index in [2.05, 4.69) is 16.8 Å². The molecule has 1 N–H and O–H groups in total. The fourth-order valence-corrected chi connectivity index (χ4v) is 4.29. The normalized spacial score (nSPS) is 19.8. The number of piperazine rings is 1. The van der Waals surface area contributed by atoms with Gasteiger partial charge in [0.2, 0.25) is 15.9 Å². The first-order valence-corrected chi connectivity index (χ1v) is 9.69. The van der Waals surface area contributed by atoms with Gasteiger partial charge in [0.1, 0.15) is 0 Å². The number of nitrogens with zero attached hydrogens (tertiary/aromatic N) is 2. The lowest BCUT2D eigenvalue weighted by molar-refractivity contribution is -0.111. The van der Waals surface area contributed by atoms with E-state index >= 15 is 0 Å². The molecule has 1 aromatic carbocycles. The molecule has 1 aliphatic heterocycles. The lowest BCUT2D eigenvalue weighted by Gasteiger charge is -2.34. The van der Waals surface area contributed by atoms with Gasteiger partial charge in [-0.15, -0.1) is 0 Å².